The Balaban J connectivity index is 2.18. The molecule has 0 bridgehead atoms. The fourth-order valence-corrected chi connectivity index (χ4v) is 3.51. The van der Waals surface area contributed by atoms with Crippen LogP contribution in [0.4, 0.5) is 0 Å². The summed E-state index contributed by atoms with van der Waals surface area (Å²) in [5, 5.41) is 10.4. The van der Waals surface area contributed by atoms with Crippen molar-refractivity contribution in [3.05, 3.63) is 64.2 Å². The lowest BCUT2D eigenvalue weighted by atomic mass is 9.77. The maximum atomic E-state index is 10.4. The number of benzene rings is 2. The predicted molar refractivity (Wildman–Crippen MR) is 82.0 cm³/mol. The van der Waals surface area contributed by atoms with Gasteiger partial charge in [-0.05, 0) is 42.5 Å². The van der Waals surface area contributed by atoms with E-state index in [1.165, 1.54) is 16.7 Å². The van der Waals surface area contributed by atoms with Crippen molar-refractivity contribution in [3.63, 3.8) is 0 Å². The molecule has 2 unspecified atom stereocenters. The topological polar surface area (TPSA) is 46.2 Å². The highest BCUT2D eigenvalue weighted by Gasteiger charge is 2.44. The number of nitrogens with two attached hydrogens (primary N) is 1. The maximum absolute atomic E-state index is 10.4. The molecule has 0 saturated carbocycles. The molecule has 0 spiro atoms. The van der Waals surface area contributed by atoms with Gasteiger partial charge in [-0.1, -0.05) is 43.3 Å². The fourth-order valence-electron chi connectivity index (χ4n) is 3.51. The first-order valence-corrected chi connectivity index (χ1v) is 7.08. The van der Waals surface area contributed by atoms with Gasteiger partial charge in [0, 0.05) is 17.0 Å². The number of aromatic hydroxyl groups is 1. The van der Waals surface area contributed by atoms with Gasteiger partial charge in [-0.2, -0.15) is 0 Å². The summed E-state index contributed by atoms with van der Waals surface area (Å²) in [5.74, 6) is 0.373. The second kappa shape index (κ2) is 4.35. The molecule has 3 rings (SSSR count). The van der Waals surface area contributed by atoms with Crippen molar-refractivity contribution in [3.8, 4) is 5.75 Å². The van der Waals surface area contributed by atoms with Crippen molar-refractivity contribution < 1.29 is 5.11 Å². The summed E-state index contributed by atoms with van der Waals surface area (Å²) in [7, 11) is 0. The zero-order valence-electron chi connectivity index (χ0n) is 12.3. The van der Waals surface area contributed by atoms with E-state index in [1.54, 1.807) is 0 Å². The van der Waals surface area contributed by atoms with Crippen molar-refractivity contribution in [1.82, 2.24) is 0 Å². The molecular weight excluding hydrogens is 246 g/mol. The minimum atomic E-state index is -0.168. The molecule has 0 aliphatic heterocycles. The van der Waals surface area contributed by atoms with Crippen LogP contribution >= 0.6 is 0 Å². The SMILES string of the molecule is Cc1cc(C)c2c(c1O)C(N)C(C)(c1ccccc1)C2. The molecule has 0 heterocycles. The molecule has 3 N–H and O–H groups in total. The molecule has 1 aliphatic carbocycles. The van der Waals surface area contributed by atoms with E-state index in [4.69, 9.17) is 5.73 Å². The minimum Gasteiger partial charge on any atom is -0.507 e. The van der Waals surface area contributed by atoms with Gasteiger partial charge >= 0.3 is 0 Å². The van der Waals surface area contributed by atoms with Crippen LogP contribution < -0.4 is 5.73 Å². The van der Waals surface area contributed by atoms with Gasteiger partial charge in [0.15, 0.2) is 0 Å². The smallest absolute Gasteiger partial charge is 0.123 e. The Kier molecular flexibility index (Phi) is 2.87. The van der Waals surface area contributed by atoms with Crippen LogP contribution in [0.15, 0.2) is 36.4 Å². The van der Waals surface area contributed by atoms with Crippen LogP contribution in [0, 0.1) is 13.8 Å². The second-order valence-electron chi connectivity index (χ2n) is 6.19. The molecular formula is C18H21NO. The Labute approximate surface area is 120 Å². The molecule has 1 aliphatic rings. The molecule has 20 heavy (non-hydrogen) atoms. The minimum absolute atomic E-state index is 0.153. The summed E-state index contributed by atoms with van der Waals surface area (Å²) in [6, 6.07) is 12.3. The molecule has 0 aromatic heterocycles. The predicted octanol–water partition coefficient (Wildman–Crippen LogP) is 3.52. The number of fused-ring (bicyclic) bond motifs is 1. The Bertz CT molecular complexity index is 663. The van der Waals surface area contributed by atoms with Crippen molar-refractivity contribution in [2.45, 2.75) is 38.6 Å². The van der Waals surface area contributed by atoms with Gasteiger partial charge in [0.2, 0.25) is 0 Å². The van der Waals surface area contributed by atoms with Gasteiger partial charge in [0.25, 0.3) is 0 Å². The number of rotatable bonds is 1. The third-order valence-electron chi connectivity index (χ3n) is 4.84. The average molecular weight is 267 g/mol. The van der Waals surface area contributed by atoms with Gasteiger partial charge in [-0.25, -0.2) is 0 Å². The Hall–Kier alpha value is -1.80. The molecule has 2 aromatic rings. The third-order valence-corrected chi connectivity index (χ3v) is 4.84. The Morgan fingerprint density at radius 1 is 1.15 bits per heavy atom. The summed E-state index contributed by atoms with van der Waals surface area (Å²) in [6.07, 6.45) is 0.882. The molecule has 2 heteroatoms. The van der Waals surface area contributed by atoms with E-state index in [-0.39, 0.29) is 11.5 Å². The molecule has 2 atom stereocenters. The van der Waals surface area contributed by atoms with Crippen LogP contribution in [-0.2, 0) is 11.8 Å². The van der Waals surface area contributed by atoms with Crippen LogP contribution in [0.1, 0.15) is 40.8 Å². The lowest BCUT2D eigenvalue weighted by molar-refractivity contribution is 0.400. The van der Waals surface area contributed by atoms with Gasteiger partial charge in [-0.3, -0.25) is 0 Å². The molecule has 2 aromatic carbocycles. The summed E-state index contributed by atoms with van der Waals surface area (Å²) in [4.78, 5) is 0. The first-order valence-electron chi connectivity index (χ1n) is 7.08. The van der Waals surface area contributed by atoms with Crippen LogP contribution in [-0.4, -0.2) is 5.11 Å². The molecule has 104 valence electrons. The molecule has 0 amide bonds. The fraction of sp³-hybridized carbons (Fsp3) is 0.333. The normalized spacial score (nSPS) is 24.7. The van der Waals surface area contributed by atoms with Gasteiger partial charge < -0.3 is 10.8 Å². The average Bonchev–Trinajstić information content (AvgIpc) is 2.72. The number of phenols is 1. The highest BCUT2D eigenvalue weighted by atomic mass is 16.3. The van der Waals surface area contributed by atoms with Crippen LogP contribution in [0.3, 0.4) is 0 Å². The first kappa shape index (κ1) is 13.2. The van der Waals surface area contributed by atoms with Crippen molar-refractivity contribution in [1.29, 1.82) is 0 Å². The highest BCUT2D eigenvalue weighted by molar-refractivity contribution is 5.57. The number of aryl methyl sites for hydroxylation is 2. The van der Waals surface area contributed by atoms with Crippen LogP contribution in [0.5, 0.6) is 5.75 Å². The number of hydrogen-bond acceptors (Lipinski definition) is 2. The number of phenolic OH excluding ortho intramolecular Hbond substituents is 1. The van der Waals surface area contributed by atoms with E-state index >= 15 is 0 Å². The zero-order chi connectivity index (χ0) is 14.5. The van der Waals surface area contributed by atoms with E-state index in [9.17, 15) is 5.11 Å². The van der Waals surface area contributed by atoms with Gasteiger partial charge in [-0.15, -0.1) is 0 Å². The Morgan fingerprint density at radius 2 is 1.80 bits per heavy atom. The Morgan fingerprint density at radius 3 is 2.45 bits per heavy atom. The van der Waals surface area contributed by atoms with E-state index in [1.807, 2.05) is 25.1 Å². The third kappa shape index (κ3) is 1.68. The van der Waals surface area contributed by atoms with E-state index < -0.39 is 0 Å². The van der Waals surface area contributed by atoms with Crippen molar-refractivity contribution in [2.75, 3.05) is 0 Å². The summed E-state index contributed by atoms with van der Waals surface area (Å²) >= 11 is 0. The van der Waals surface area contributed by atoms with E-state index in [0.717, 1.165) is 17.5 Å². The van der Waals surface area contributed by atoms with E-state index in [0.29, 0.717) is 5.75 Å². The van der Waals surface area contributed by atoms with Crippen LogP contribution in [0.25, 0.3) is 0 Å². The van der Waals surface area contributed by atoms with Crippen molar-refractivity contribution in [2.24, 2.45) is 5.73 Å². The molecule has 2 nitrogen and oxygen atoms in total. The molecule has 0 saturated heterocycles. The van der Waals surface area contributed by atoms with E-state index in [2.05, 4.69) is 32.0 Å². The number of hydrogen-bond donors (Lipinski definition) is 2. The van der Waals surface area contributed by atoms with Crippen molar-refractivity contribution >= 4 is 0 Å². The first-order chi connectivity index (χ1) is 9.45. The lowest BCUT2D eigenvalue weighted by Gasteiger charge is -2.30. The molecule has 0 radical (unpaired) electrons. The lowest BCUT2D eigenvalue weighted by Crippen LogP contribution is -2.32. The van der Waals surface area contributed by atoms with Gasteiger partial charge in [0.05, 0.1) is 0 Å². The summed E-state index contributed by atoms with van der Waals surface area (Å²) in [5.41, 5.74) is 11.9. The standard InChI is InChI=1S/C18H21NO/c1-11-9-12(2)16(20)15-14(11)10-18(3,17(15)19)13-7-5-4-6-8-13/h4-9,17,20H,10,19H2,1-3H3. The summed E-state index contributed by atoms with van der Waals surface area (Å²) in [6.45, 7) is 6.24. The molecule has 0 fully saturated rings. The van der Waals surface area contributed by atoms with Crippen LogP contribution in [0.2, 0.25) is 0 Å². The highest BCUT2D eigenvalue weighted by Crippen LogP contribution is 2.50. The summed E-state index contributed by atoms with van der Waals surface area (Å²) < 4.78 is 0. The largest absolute Gasteiger partial charge is 0.507 e. The quantitative estimate of drug-likeness (QED) is 0.830. The monoisotopic (exact) mass is 267 g/mol. The second-order valence-corrected chi connectivity index (χ2v) is 6.19. The zero-order valence-corrected chi connectivity index (χ0v) is 12.3. The van der Waals surface area contributed by atoms with Gasteiger partial charge in [0.1, 0.15) is 5.75 Å². The maximum Gasteiger partial charge on any atom is 0.123 e.